The number of nitrogens with zero attached hydrogens (tertiary/aromatic N) is 3. The van der Waals surface area contributed by atoms with Gasteiger partial charge in [0.05, 0.1) is 16.4 Å². The molecule has 6 nitrogen and oxygen atoms in total. The van der Waals surface area contributed by atoms with E-state index in [0.29, 0.717) is 16.7 Å². The molecule has 0 radical (unpaired) electrons. The average Bonchev–Trinajstić information content (AvgIpc) is 2.98. The first-order valence-corrected chi connectivity index (χ1v) is 6.94. The molecule has 0 aromatic carbocycles. The third kappa shape index (κ3) is 1.51. The number of piperidine rings is 1. The van der Waals surface area contributed by atoms with Crippen LogP contribution in [0.4, 0.5) is 0 Å². The fourth-order valence-corrected chi connectivity index (χ4v) is 3.62. The third-order valence-corrected chi connectivity index (χ3v) is 4.67. The Balaban J connectivity index is 2.00. The van der Waals surface area contributed by atoms with Gasteiger partial charge in [-0.2, -0.15) is 0 Å². The van der Waals surface area contributed by atoms with Gasteiger partial charge in [0.1, 0.15) is 5.82 Å². The van der Waals surface area contributed by atoms with Crippen LogP contribution < -0.4 is 11.1 Å². The number of nitrogens with one attached hydrogen (secondary N) is 1. The predicted octanol–water partition coefficient (Wildman–Crippen LogP) is 0.198. The lowest BCUT2D eigenvalue weighted by Crippen LogP contribution is -2.40. The molecule has 2 bridgehead atoms. The zero-order valence-electron chi connectivity index (χ0n) is 11.3. The molecule has 4 heterocycles. The molecule has 1 N–H and O–H groups in total. The van der Waals surface area contributed by atoms with Gasteiger partial charge in [0.25, 0.3) is 11.1 Å². The van der Waals surface area contributed by atoms with Gasteiger partial charge in [0.15, 0.2) is 0 Å². The predicted molar refractivity (Wildman–Crippen MR) is 75.0 cm³/mol. The molecule has 2 aliphatic heterocycles. The molecule has 2 saturated heterocycles. The smallest absolute Gasteiger partial charge is 0.260 e. The van der Waals surface area contributed by atoms with Crippen LogP contribution in [0.3, 0.4) is 0 Å². The maximum absolute atomic E-state index is 12.4. The summed E-state index contributed by atoms with van der Waals surface area (Å²) in [5.41, 5.74) is 0.129. The van der Waals surface area contributed by atoms with Crippen LogP contribution >= 0.6 is 0 Å². The van der Waals surface area contributed by atoms with E-state index < -0.39 is 0 Å². The van der Waals surface area contributed by atoms with E-state index >= 15 is 0 Å². The Bertz CT molecular complexity index is 812. The van der Waals surface area contributed by atoms with Gasteiger partial charge >= 0.3 is 0 Å². The SMILES string of the molecule is Cc1nc2cc(=O)n(C34CCN(CC3)C4)cc2c(=O)[nH]1. The lowest BCUT2D eigenvalue weighted by atomic mass is 9.94. The second kappa shape index (κ2) is 3.79. The molecule has 2 fully saturated rings. The summed E-state index contributed by atoms with van der Waals surface area (Å²) in [7, 11) is 0. The Morgan fingerprint density at radius 1 is 1.30 bits per heavy atom. The summed E-state index contributed by atoms with van der Waals surface area (Å²) in [5.74, 6) is 0.533. The Morgan fingerprint density at radius 2 is 2.05 bits per heavy atom. The largest absolute Gasteiger partial charge is 0.310 e. The molecule has 20 heavy (non-hydrogen) atoms. The van der Waals surface area contributed by atoms with Gasteiger partial charge in [-0.15, -0.1) is 0 Å². The maximum Gasteiger partial charge on any atom is 0.260 e. The lowest BCUT2D eigenvalue weighted by molar-refractivity contribution is 0.308. The molecule has 0 saturated carbocycles. The fourth-order valence-electron chi connectivity index (χ4n) is 3.62. The first-order chi connectivity index (χ1) is 9.57. The molecule has 0 spiro atoms. The van der Waals surface area contributed by atoms with Crippen LogP contribution in [0.5, 0.6) is 0 Å². The van der Waals surface area contributed by atoms with E-state index in [-0.39, 0.29) is 16.7 Å². The van der Waals surface area contributed by atoms with Crippen molar-refractivity contribution in [2.75, 3.05) is 19.6 Å². The average molecular weight is 272 g/mol. The van der Waals surface area contributed by atoms with Crippen molar-refractivity contribution in [1.82, 2.24) is 19.4 Å². The summed E-state index contributed by atoms with van der Waals surface area (Å²) in [6.45, 7) is 4.70. The third-order valence-electron chi connectivity index (χ3n) is 4.67. The van der Waals surface area contributed by atoms with Crippen molar-refractivity contribution in [3.63, 3.8) is 0 Å². The highest BCUT2D eigenvalue weighted by Crippen LogP contribution is 2.37. The van der Waals surface area contributed by atoms with Gasteiger partial charge in [0, 0.05) is 31.9 Å². The molecule has 0 amide bonds. The Hall–Kier alpha value is -1.95. The molecule has 4 rings (SSSR count). The molecule has 0 aliphatic carbocycles. The number of hydrogen-bond donors (Lipinski definition) is 1. The lowest BCUT2D eigenvalue weighted by Gasteiger charge is -2.28. The number of H-pyrrole nitrogens is 1. The van der Waals surface area contributed by atoms with Crippen molar-refractivity contribution in [2.24, 2.45) is 0 Å². The van der Waals surface area contributed by atoms with Crippen molar-refractivity contribution in [2.45, 2.75) is 25.3 Å². The summed E-state index contributed by atoms with van der Waals surface area (Å²) in [4.78, 5) is 33.8. The highest BCUT2D eigenvalue weighted by atomic mass is 16.1. The van der Waals surface area contributed by atoms with E-state index in [2.05, 4.69) is 14.9 Å². The van der Waals surface area contributed by atoms with Gasteiger partial charge in [-0.25, -0.2) is 4.98 Å². The van der Waals surface area contributed by atoms with Crippen LogP contribution in [-0.4, -0.2) is 39.1 Å². The van der Waals surface area contributed by atoms with Gasteiger partial charge in [0.2, 0.25) is 0 Å². The Morgan fingerprint density at radius 3 is 2.70 bits per heavy atom. The minimum absolute atomic E-state index is 0.0567. The quantitative estimate of drug-likeness (QED) is 0.805. The van der Waals surface area contributed by atoms with Crippen LogP contribution in [-0.2, 0) is 5.54 Å². The minimum atomic E-state index is -0.175. The van der Waals surface area contributed by atoms with Gasteiger partial charge < -0.3 is 14.5 Å². The summed E-state index contributed by atoms with van der Waals surface area (Å²) in [5, 5.41) is 0.495. The van der Waals surface area contributed by atoms with Crippen molar-refractivity contribution in [1.29, 1.82) is 0 Å². The van der Waals surface area contributed by atoms with E-state index in [1.165, 1.54) is 6.07 Å². The number of fused-ring (bicyclic) bond motifs is 3. The van der Waals surface area contributed by atoms with Gasteiger partial charge in [-0.3, -0.25) is 9.59 Å². The molecule has 0 unspecified atom stereocenters. The van der Waals surface area contributed by atoms with Crippen LogP contribution in [0.15, 0.2) is 21.9 Å². The van der Waals surface area contributed by atoms with Crippen LogP contribution in [0.25, 0.3) is 10.9 Å². The second-order valence-electron chi connectivity index (χ2n) is 5.93. The monoisotopic (exact) mass is 272 g/mol. The molecule has 2 aliphatic rings. The second-order valence-corrected chi connectivity index (χ2v) is 5.93. The van der Waals surface area contributed by atoms with Crippen LogP contribution in [0.2, 0.25) is 0 Å². The van der Waals surface area contributed by atoms with E-state index in [9.17, 15) is 9.59 Å². The van der Waals surface area contributed by atoms with Crippen molar-refractivity contribution < 1.29 is 0 Å². The zero-order chi connectivity index (χ0) is 13.9. The summed E-state index contributed by atoms with van der Waals surface area (Å²) in [6.07, 6.45) is 3.67. The normalized spacial score (nSPS) is 28.4. The number of hydrogen-bond acceptors (Lipinski definition) is 4. The standard InChI is InChI=1S/C14H16N4O2/c1-9-15-11-6-12(19)18(7-10(11)13(20)16-9)14-2-4-17(8-14)5-3-14/h6-7H,2-5,8H2,1H3,(H,15,16,20). The molecule has 0 atom stereocenters. The molecule has 104 valence electrons. The first kappa shape index (κ1) is 11.8. The van der Waals surface area contributed by atoms with Gasteiger partial charge in [-0.05, 0) is 19.8 Å². The summed E-state index contributed by atoms with van der Waals surface area (Å²) in [6, 6.07) is 1.49. The fraction of sp³-hybridized carbons (Fsp3) is 0.500. The van der Waals surface area contributed by atoms with Crippen LogP contribution in [0.1, 0.15) is 18.7 Å². The van der Waals surface area contributed by atoms with Crippen molar-refractivity contribution in [3.05, 3.63) is 38.8 Å². The highest BCUT2D eigenvalue weighted by Gasteiger charge is 2.45. The maximum atomic E-state index is 12.4. The van der Waals surface area contributed by atoms with Crippen molar-refractivity contribution in [3.8, 4) is 0 Å². The number of aromatic nitrogens is 3. The minimum Gasteiger partial charge on any atom is -0.310 e. The van der Waals surface area contributed by atoms with E-state index in [4.69, 9.17) is 0 Å². The Kier molecular flexibility index (Phi) is 2.24. The number of rotatable bonds is 1. The summed E-state index contributed by atoms with van der Waals surface area (Å²) >= 11 is 0. The number of aryl methyl sites for hydroxylation is 1. The van der Waals surface area contributed by atoms with Gasteiger partial charge in [-0.1, -0.05) is 0 Å². The molecular formula is C14H16N4O2. The van der Waals surface area contributed by atoms with Crippen LogP contribution in [0, 0.1) is 6.92 Å². The van der Waals surface area contributed by atoms with E-state index in [1.807, 2.05) is 0 Å². The zero-order valence-corrected chi connectivity index (χ0v) is 11.3. The topological polar surface area (TPSA) is 71.0 Å². The summed E-state index contributed by atoms with van der Waals surface area (Å²) < 4.78 is 1.77. The van der Waals surface area contributed by atoms with E-state index in [0.717, 1.165) is 32.5 Å². The molecule has 2 aromatic heterocycles. The van der Waals surface area contributed by atoms with Crippen molar-refractivity contribution >= 4 is 10.9 Å². The van der Waals surface area contributed by atoms with E-state index in [1.54, 1.807) is 17.7 Å². The Labute approximate surface area is 115 Å². The number of pyridine rings is 1. The highest BCUT2D eigenvalue weighted by molar-refractivity contribution is 5.76. The molecule has 2 aromatic rings. The molecular weight excluding hydrogens is 256 g/mol. The first-order valence-electron chi connectivity index (χ1n) is 6.94. The number of aromatic amines is 1. The molecule has 6 heteroatoms.